The van der Waals surface area contributed by atoms with Crippen molar-refractivity contribution >= 4 is 13.2 Å². The standard InChI is InChI=1S/C17H32BNO4/c1-8-17(6,7)23-18(21-9-2)14-10-12-19(13-11-14)15(20)22-16(3,4)5/h10H,8-9,11-13H2,1-7H3. The molecule has 0 aromatic carbocycles. The summed E-state index contributed by atoms with van der Waals surface area (Å²) in [5, 5.41) is 0. The molecule has 0 bridgehead atoms. The van der Waals surface area contributed by atoms with E-state index in [1.165, 1.54) is 0 Å². The van der Waals surface area contributed by atoms with Gasteiger partial charge in [0.2, 0.25) is 0 Å². The van der Waals surface area contributed by atoms with Crippen LogP contribution in [0.25, 0.3) is 0 Å². The molecular formula is C17H32BNO4. The highest BCUT2D eigenvalue weighted by Gasteiger charge is 2.33. The molecule has 0 fully saturated rings. The molecule has 1 amide bonds. The molecule has 0 unspecified atom stereocenters. The second-order valence-corrected chi connectivity index (χ2v) is 7.47. The van der Waals surface area contributed by atoms with Crippen molar-refractivity contribution < 1.29 is 18.8 Å². The summed E-state index contributed by atoms with van der Waals surface area (Å²) in [7, 11) is -0.337. The van der Waals surface area contributed by atoms with Gasteiger partial charge in [0.15, 0.2) is 0 Å². The first-order valence-electron chi connectivity index (χ1n) is 8.54. The van der Waals surface area contributed by atoms with Gasteiger partial charge in [0.25, 0.3) is 0 Å². The van der Waals surface area contributed by atoms with E-state index < -0.39 is 5.60 Å². The normalized spacial score (nSPS) is 16.1. The van der Waals surface area contributed by atoms with Crippen LogP contribution in [-0.2, 0) is 14.0 Å². The fourth-order valence-electron chi connectivity index (χ4n) is 2.13. The summed E-state index contributed by atoms with van der Waals surface area (Å²) in [5.41, 5.74) is 0.403. The second kappa shape index (κ2) is 8.20. The van der Waals surface area contributed by atoms with Gasteiger partial charge in [0.1, 0.15) is 5.60 Å². The molecule has 1 heterocycles. The lowest BCUT2D eigenvalue weighted by Gasteiger charge is -2.33. The first-order chi connectivity index (χ1) is 10.6. The van der Waals surface area contributed by atoms with Crippen molar-refractivity contribution in [2.24, 2.45) is 0 Å². The number of carbonyl (C=O) groups is 1. The van der Waals surface area contributed by atoms with E-state index in [1.807, 2.05) is 33.8 Å². The van der Waals surface area contributed by atoms with Crippen LogP contribution in [-0.4, -0.2) is 49.0 Å². The zero-order valence-corrected chi connectivity index (χ0v) is 15.8. The average Bonchev–Trinajstić information content (AvgIpc) is 2.45. The molecule has 1 rings (SSSR count). The third-order valence-electron chi connectivity index (χ3n) is 3.79. The second-order valence-electron chi connectivity index (χ2n) is 7.47. The lowest BCUT2D eigenvalue weighted by molar-refractivity contribution is 0.0261. The van der Waals surface area contributed by atoms with Crippen LogP contribution in [0.5, 0.6) is 0 Å². The molecule has 0 radical (unpaired) electrons. The van der Waals surface area contributed by atoms with E-state index in [2.05, 4.69) is 20.8 Å². The molecule has 0 saturated carbocycles. The third kappa shape index (κ3) is 6.96. The smallest absolute Gasteiger partial charge is 0.444 e. The molecule has 0 N–H and O–H groups in total. The Labute approximate surface area is 141 Å². The molecule has 0 atom stereocenters. The van der Waals surface area contributed by atoms with Gasteiger partial charge in [0, 0.05) is 25.3 Å². The van der Waals surface area contributed by atoms with Crippen LogP contribution in [0, 0.1) is 0 Å². The Hall–Kier alpha value is -1.01. The summed E-state index contributed by atoms with van der Waals surface area (Å²) in [6.45, 7) is 15.6. The molecule has 132 valence electrons. The molecular weight excluding hydrogens is 293 g/mol. The fraction of sp³-hybridized carbons (Fsp3) is 0.824. The summed E-state index contributed by atoms with van der Waals surface area (Å²) in [6.07, 6.45) is 3.41. The summed E-state index contributed by atoms with van der Waals surface area (Å²) < 4.78 is 17.3. The van der Waals surface area contributed by atoms with E-state index in [0.717, 1.165) is 18.3 Å². The number of nitrogens with zero attached hydrogens (tertiary/aromatic N) is 1. The van der Waals surface area contributed by atoms with Crippen LogP contribution in [0.4, 0.5) is 4.79 Å². The molecule has 0 aromatic heterocycles. The van der Waals surface area contributed by atoms with E-state index in [1.54, 1.807) is 4.90 Å². The molecule has 1 aliphatic heterocycles. The number of carbonyl (C=O) groups excluding carboxylic acids is 1. The Bertz CT molecular complexity index is 429. The zero-order chi connectivity index (χ0) is 17.7. The highest BCUT2D eigenvalue weighted by atomic mass is 16.6. The predicted octanol–water partition coefficient (Wildman–Crippen LogP) is 3.82. The minimum absolute atomic E-state index is 0.233. The van der Waals surface area contributed by atoms with Gasteiger partial charge in [-0.25, -0.2) is 4.79 Å². The van der Waals surface area contributed by atoms with Crippen molar-refractivity contribution in [1.82, 2.24) is 4.90 Å². The van der Waals surface area contributed by atoms with Gasteiger partial charge in [-0.1, -0.05) is 13.0 Å². The Morgan fingerprint density at radius 1 is 1.26 bits per heavy atom. The van der Waals surface area contributed by atoms with Crippen molar-refractivity contribution in [3.05, 3.63) is 11.5 Å². The number of rotatable bonds is 6. The van der Waals surface area contributed by atoms with E-state index >= 15 is 0 Å². The van der Waals surface area contributed by atoms with Gasteiger partial charge in [-0.05, 0) is 59.9 Å². The summed E-state index contributed by atoms with van der Waals surface area (Å²) in [5.74, 6) is 0. The van der Waals surface area contributed by atoms with Crippen LogP contribution >= 0.6 is 0 Å². The van der Waals surface area contributed by atoms with Crippen molar-refractivity contribution in [2.45, 2.75) is 72.5 Å². The molecule has 0 aliphatic carbocycles. The summed E-state index contributed by atoms with van der Waals surface area (Å²) in [6, 6.07) is 0. The molecule has 23 heavy (non-hydrogen) atoms. The fourth-order valence-corrected chi connectivity index (χ4v) is 2.13. The monoisotopic (exact) mass is 325 g/mol. The van der Waals surface area contributed by atoms with E-state index in [0.29, 0.717) is 19.7 Å². The molecule has 1 aliphatic rings. The van der Waals surface area contributed by atoms with Gasteiger partial charge in [-0.2, -0.15) is 0 Å². The van der Waals surface area contributed by atoms with Crippen LogP contribution in [0.1, 0.15) is 61.3 Å². The molecule has 0 saturated heterocycles. The maximum atomic E-state index is 12.1. The van der Waals surface area contributed by atoms with Crippen LogP contribution < -0.4 is 0 Å². The van der Waals surface area contributed by atoms with Gasteiger partial charge in [-0.3, -0.25) is 0 Å². The lowest BCUT2D eigenvalue weighted by Crippen LogP contribution is -2.43. The van der Waals surface area contributed by atoms with Gasteiger partial charge in [-0.15, -0.1) is 0 Å². The maximum absolute atomic E-state index is 12.1. The van der Waals surface area contributed by atoms with E-state index in [4.69, 9.17) is 14.0 Å². The SMILES string of the molecule is CCOB(OC(C)(C)CC)C1=CCN(C(=O)OC(C)(C)C)CC1. The summed E-state index contributed by atoms with van der Waals surface area (Å²) in [4.78, 5) is 13.8. The number of amides is 1. The predicted molar refractivity (Wildman–Crippen MR) is 93.3 cm³/mol. The van der Waals surface area contributed by atoms with Gasteiger partial charge >= 0.3 is 13.2 Å². The topological polar surface area (TPSA) is 48.0 Å². The first-order valence-corrected chi connectivity index (χ1v) is 8.54. The highest BCUT2D eigenvalue weighted by molar-refractivity contribution is 6.53. The van der Waals surface area contributed by atoms with E-state index in [9.17, 15) is 4.79 Å². The third-order valence-corrected chi connectivity index (χ3v) is 3.79. The zero-order valence-electron chi connectivity index (χ0n) is 15.8. The van der Waals surface area contributed by atoms with Crippen LogP contribution in [0.15, 0.2) is 11.5 Å². The number of ether oxygens (including phenoxy) is 1. The van der Waals surface area contributed by atoms with Gasteiger partial charge < -0.3 is 18.9 Å². The van der Waals surface area contributed by atoms with Crippen LogP contribution in [0.2, 0.25) is 0 Å². The molecule has 5 nitrogen and oxygen atoms in total. The minimum atomic E-state index is -0.469. The Balaban J connectivity index is 2.69. The molecule has 0 aromatic rings. The van der Waals surface area contributed by atoms with Gasteiger partial charge in [0.05, 0.1) is 0 Å². The van der Waals surface area contributed by atoms with Crippen molar-refractivity contribution in [1.29, 1.82) is 0 Å². The maximum Gasteiger partial charge on any atom is 0.489 e. The largest absolute Gasteiger partial charge is 0.489 e. The Kier molecular flexibility index (Phi) is 7.14. The lowest BCUT2D eigenvalue weighted by atomic mass is 9.73. The van der Waals surface area contributed by atoms with Crippen LogP contribution in [0.3, 0.4) is 0 Å². The Morgan fingerprint density at radius 2 is 1.91 bits per heavy atom. The molecule has 0 spiro atoms. The number of hydrogen-bond acceptors (Lipinski definition) is 4. The number of hydrogen-bond donors (Lipinski definition) is 0. The average molecular weight is 325 g/mol. The molecule has 6 heteroatoms. The van der Waals surface area contributed by atoms with Crippen molar-refractivity contribution in [3.63, 3.8) is 0 Å². The van der Waals surface area contributed by atoms with Crippen molar-refractivity contribution in [2.75, 3.05) is 19.7 Å². The van der Waals surface area contributed by atoms with Crippen molar-refractivity contribution in [3.8, 4) is 0 Å². The minimum Gasteiger partial charge on any atom is -0.444 e. The Morgan fingerprint density at radius 3 is 2.35 bits per heavy atom. The summed E-state index contributed by atoms with van der Waals surface area (Å²) >= 11 is 0. The quantitative estimate of drug-likeness (QED) is 0.697. The van der Waals surface area contributed by atoms with E-state index in [-0.39, 0.29) is 18.8 Å². The first kappa shape index (κ1) is 20.0. The highest BCUT2D eigenvalue weighted by Crippen LogP contribution is 2.23.